The third-order valence-corrected chi connectivity index (χ3v) is 19.7. The highest BCUT2D eigenvalue weighted by atomic mass is 32.2. The van der Waals surface area contributed by atoms with Gasteiger partial charge in [0.1, 0.15) is 78.5 Å². The van der Waals surface area contributed by atoms with E-state index in [1.54, 1.807) is 34.6 Å². The summed E-state index contributed by atoms with van der Waals surface area (Å²) < 4.78 is 0. The van der Waals surface area contributed by atoms with E-state index < -0.39 is 272 Å². The summed E-state index contributed by atoms with van der Waals surface area (Å²) in [5.74, 6) is -22.9. The Kier molecular flexibility index (Phi) is 45.9. The number of aromatic amines is 3. The molecule has 0 radical (unpaired) electrons. The lowest BCUT2D eigenvalue weighted by Gasteiger charge is -2.30. The van der Waals surface area contributed by atoms with Crippen LogP contribution in [0.15, 0.2) is 37.6 Å². The summed E-state index contributed by atoms with van der Waals surface area (Å²) in [4.78, 5) is 265. The summed E-state index contributed by atoms with van der Waals surface area (Å²) in [6.07, 6.45) is 1.49. The Morgan fingerprint density at radius 2 is 0.846 bits per heavy atom. The summed E-state index contributed by atoms with van der Waals surface area (Å²) in [7, 11) is 0. The number of amides is 15. The van der Waals surface area contributed by atoms with Gasteiger partial charge in [-0.2, -0.15) is 24.4 Å². The van der Waals surface area contributed by atoms with Crippen molar-refractivity contribution in [3.63, 3.8) is 0 Å². The molecule has 0 saturated heterocycles. The number of aliphatic hydroxyl groups is 2. The fraction of sp³-hybridized carbons (Fsp3) is 0.616. The van der Waals surface area contributed by atoms with Crippen LogP contribution in [0.25, 0.3) is 0 Å². The number of carboxylic acids is 3. The molecule has 0 unspecified atom stereocenters. The Morgan fingerprint density at radius 3 is 1.26 bits per heavy atom. The van der Waals surface area contributed by atoms with Crippen LogP contribution in [0.4, 0.5) is 0 Å². The molecule has 123 heavy (non-hydrogen) atoms. The van der Waals surface area contributed by atoms with Gasteiger partial charge >= 0.3 is 17.9 Å². The van der Waals surface area contributed by atoms with E-state index in [4.69, 9.17) is 22.6 Å². The lowest BCUT2D eigenvalue weighted by atomic mass is 9.96. The number of hydrogen-bond acceptors (Lipinski definition) is 27. The monoisotopic (exact) mass is 1780 g/mol. The van der Waals surface area contributed by atoms with Crippen LogP contribution in [0.3, 0.4) is 0 Å². The number of aliphatic carboxylic acids is 3. The number of thiol groups is 1. The second-order valence-electron chi connectivity index (χ2n) is 29.7. The predicted octanol–water partition coefficient (Wildman–Crippen LogP) is -8.22. The number of nitrogens with two attached hydrogens (primary N) is 3. The minimum atomic E-state index is -2.14. The molecule has 50 heteroatoms. The zero-order chi connectivity index (χ0) is 92.5. The Morgan fingerprint density at radius 1 is 0.463 bits per heavy atom. The van der Waals surface area contributed by atoms with Crippen LogP contribution >= 0.6 is 24.4 Å². The van der Waals surface area contributed by atoms with Gasteiger partial charge in [0.25, 0.3) is 0 Å². The number of carbonyl (C=O) groups excluding carboxylic acids is 15. The maximum atomic E-state index is 14.5. The number of primary amides is 1. The third kappa shape index (κ3) is 38.3. The topological polar surface area (TPSA) is 777 Å². The molecule has 3 aromatic heterocycles. The molecule has 0 spiro atoms. The van der Waals surface area contributed by atoms with Crippen LogP contribution in [-0.4, -0.2) is 296 Å². The number of guanidine groups is 1. The van der Waals surface area contributed by atoms with Crippen molar-refractivity contribution in [3.05, 3.63) is 54.7 Å². The molecule has 3 rings (SSSR count). The Balaban J connectivity index is 1.85. The molecule has 684 valence electrons. The van der Waals surface area contributed by atoms with Crippen LogP contribution < -0.4 is 97.0 Å². The molecule has 17 atom stereocenters. The van der Waals surface area contributed by atoms with Gasteiger partial charge in [0.05, 0.1) is 67.3 Å². The second kappa shape index (κ2) is 53.7. The number of nitrogens with zero attached hydrogens (tertiary/aromatic N) is 3. The van der Waals surface area contributed by atoms with Gasteiger partial charge in [-0.05, 0) is 82.1 Å². The fourth-order valence-corrected chi connectivity index (χ4v) is 12.5. The van der Waals surface area contributed by atoms with E-state index in [9.17, 15) is 112 Å². The van der Waals surface area contributed by atoms with Gasteiger partial charge < -0.3 is 137 Å². The molecule has 0 aromatic carbocycles. The molecule has 0 aliphatic heterocycles. The van der Waals surface area contributed by atoms with Crippen LogP contribution in [0.1, 0.15) is 137 Å². The summed E-state index contributed by atoms with van der Waals surface area (Å²) in [6, 6.07) is -22.9. The Bertz CT molecular complexity index is 4050. The standard InChI is InChI=1S/C73H117N25O23S2/c1-10-35(6)56(96-71(119)58(37(8)100)98-67(115)50(29-122)94-65(113)47(22-39-26-79-31-84-39)91-64(112)48(23-40-27-80-32-85-40)93-68(116)55(34(4)5)95-59(107)41(74)17-19-123-9)69(117)92-46(21-38-25-78-30-83-38)60(108)82-28-52(102)86-49(24-51(75)101)66(114)97-57(36(7)99)70(118)88-43(14-16-54(105)106)61(109)87-42(13-15-53(103)104)62(110)90-45(20-33(2)3)63(111)89-44(72(120)121)12-11-18-81-73(76)77/h25-27,30-37,41-50,55-58,99-100,122H,10-24,28-29,74H2,1-9H3,(H2,75,101)(H,78,83)(H,79,84)(H,80,85)(H,82,108)(H,86,102)(H,87,109)(H,88,118)(H,89,111)(H,90,110)(H,91,112)(H,92,117)(H,93,116)(H,94,113)(H,95,107)(H,96,119)(H,97,114)(H,98,115)(H,103,104)(H,105,106)(H,120,121)(H4,76,77,81)/t35-,36+,37+,41-,42-,43-,44-,45-,46-,47-,48-,49-,50-,55-,56-,57-,58-/m0/s1. The number of H-pyrrole nitrogens is 3. The number of nitrogens with one attached hydrogen (secondary N) is 19. The molecule has 0 aliphatic rings. The predicted molar refractivity (Wildman–Crippen MR) is 441 cm³/mol. The van der Waals surface area contributed by atoms with Crippen molar-refractivity contribution in [1.29, 1.82) is 5.41 Å². The van der Waals surface area contributed by atoms with Crippen molar-refractivity contribution in [2.45, 2.75) is 236 Å². The van der Waals surface area contributed by atoms with Gasteiger partial charge in [-0.25, -0.2) is 19.7 Å². The molecule has 3 heterocycles. The van der Waals surface area contributed by atoms with Crippen LogP contribution in [0.2, 0.25) is 0 Å². The number of carbonyl (C=O) groups is 18. The fourth-order valence-electron chi connectivity index (χ4n) is 11.7. The number of rotatable bonds is 58. The normalized spacial score (nSPS) is 15.3. The zero-order valence-electron chi connectivity index (χ0n) is 69.5. The molecular formula is C73H117N25O23S2. The van der Waals surface area contributed by atoms with Crippen molar-refractivity contribution in [2.24, 2.45) is 35.0 Å². The van der Waals surface area contributed by atoms with Crippen molar-refractivity contribution in [3.8, 4) is 0 Å². The summed E-state index contributed by atoms with van der Waals surface area (Å²) in [5.41, 5.74) is 17.5. The van der Waals surface area contributed by atoms with Crippen molar-refractivity contribution >= 4 is 137 Å². The van der Waals surface area contributed by atoms with E-state index in [0.29, 0.717) is 17.9 Å². The SMILES string of the molecule is CC[C@H](C)[C@H](NC(=O)[C@@H](NC(=O)[C@H](CS)NC(=O)[C@H](Cc1c[nH]cn1)NC(=O)[C@H](Cc1c[nH]cn1)NC(=O)[C@@H](NC(=O)[C@@H](N)CCSC)C(C)C)[C@@H](C)O)C(=O)N[C@@H](Cc1c[nH]cn1)C(=O)NCC(=O)N[C@@H](CC(N)=O)C(=O)N[C@H](C(=O)N[C@@H](CCC(=O)O)C(=O)N[C@@H](CCC(=O)O)C(=O)N[C@@H](CC(C)C)C(=O)N[C@@H](CCCNC(=N)N)C(=O)O)[C@@H](C)O. The highest BCUT2D eigenvalue weighted by Gasteiger charge is 2.41. The van der Waals surface area contributed by atoms with E-state index in [1.165, 1.54) is 56.3 Å². The maximum Gasteiger partial charge on any atom is 0.326 e. The van der Waals surface area contributed by atoms with Crippen LogP contribution in [-0.2, 0) is 106 Å². The molecular weight excluding hydrogens is 1660 g/mol. The summed E-state index contributed by atoms with van der Waals surface area (Å²) in [5, 5.41) is 94.2. The molecule has 0 fully saturated rings. The lowest BCUT2D eigenvalue weighted by molar-refractivity contribution is -0.143. The van der Waals surface area contributed by atoms with Crippen molar-refractivity contribution in [2.75, 3.05) is 30.9 Å². The minimum absolute atomic E-state index is 0.0655. The zero-order valence-corrected chi connectivity index (χ0v) is 71.2. The van der Waals surface area contributed by atoms with Crippen molar-refractivity contribution < 1.29 is 112 Å². The highest BCUT2D eigenvalue weighted by molar-refractivity contribution is 7.98. The first-order chi connectivity index (χ1) is 57.9. The quantitative estimate of drug-likeness (QED) is 0.0108. The van der Waals surface area contributed by atoms with E-state index in [2.05, 4.69) is 122 Å². The van der Waals surface area contributed by atoms with Gasteiger partial charge in [-0.15, -0.1) is 0 Å². The van der Waals surface area contributed by atoms with E-state index in [-0.39, 0.29) is 62.4 Å². The molecule has 0 aliphatic carbocycles. The first kappa shape index (κ1) is 105. The van der Waals surface area contributed by atoms with Crippen molar-refractivity contribution in [1.82, 2.24) is 110 Å². The first-order valence-corrected chi connectivity index (χ1v) is 41.3. The molecule has 30 N–H and O–H groups in total. The lowest BCUT2D eigenvalue weighted by Crippen LogP contribution is -2.63. The molecule has 15 amide bonds. The van der Waals surface area contributed by atoms with Gasteiger partial charge in [0.2, 0.25) is 88.6 Å². The molecule has 0 bridgehead atoms. The molecule has 48 nitrogen and oxygen atoms in total. The van der Waals surface area contributed by atoms with Gasteiger partial charge in [-0.1, -0.05) is 48.0 Å². The third-order valence-electron chi connectivity index (χ3n) is 18.7. The average Bonchev–Trinajstić information content (AvgIpc) is 1.82. The van der Waals surface area contributed by atoms with Gasteiger partial charge in [0.15, 0.2) is 5.96 Å². The van der Waals surface area contributed by atoms with E-state index >= 15 is 0 Å². The van der Waals surface area contributed by atoms with E-state index in [1.807, 2.05) is 6.26 Å². The van der Waals surface area contributed by atoms with Crippen LogP contribution in [0, 0.1) is 23.2 Å². The van der Waals surface area contributed by atoms with E-state index in [0.717, 1.165) is 13.8 Å². The summed E-state index contributed by atoms with van der Waals surface area (Å²) in [6.45, 7) is 10.9. The van der Waals surface area contributed by atoms with Gasteiger partial charge in [0, 0.05) is 63.0 Å². The maximum absolute atomic E-state index is 14.5. The smallest absolute Gasteiger partial charge is 0.326 e. The largest absolute Gasteiger partial charge is 0.481 e. The molecule has 3 aromatic rings. The molecule has 0 saturated carbocycles. The number of carboxylic acid groups (broad SMARTS) is 3. The summed E-state index contributed by atoms with van der Waals surface area (Å²) >= 11 is 5.75. The highest BCUT2D eigenvalue weighted by Crippen LogP contribution is 2.16. The number of aliphatic hydroxyl groups excluding tert-OH is 2. The first-order valence-electron chi connectivity index (χ1n) is 39.3. The second-order valence-corrected chi connectivity index (χ2v) is 31.1. The Hall–Kier alpha value is -12.1. The number of imidazole rings is 3. The number of hydrogen-bond donors (Lipinski definition) is 28. The number of thioether (sulfide) groups is 1. The Labute approximate surface area is 716 Å². The van der Waals surface area contributed by atoms with Gasteiger partial charge in [-0.3, -0.25) is 86.9 Å². The number of aromatic nitrogens is 6. The average molecular weight is 1780 g/mol. The minimum Gasteiger partial charge on any atom is -0.481 e. The van der Waals surface area contributed by atoms with Crippen LogP contribution in [0.5, 0.6) is 0 Å².